The van der Waals surface area contributed by atoms with Gasteiger partial charge in [0, 0.05) is 41.0 Å². The first kappa shape index (κ1) is 22.7. The number of aromatic nitrogens is 5. The third kappa shape index (κ3) is 4.27. The van der Waals surface area contributed by atoms with E-state index in [4.69, 9.17) is 9.72 Å². The molecule has 2 aromatic carbocycles. The lowest BCUT2D eigenvalue weighted by molar-refractivity contribution is 0.411. The van der Waals surface area contributed by atoms with Crippen LogP contribution in [0.2, 0.25) is 0 Å². The molecular formula is C29H25FN6O. The zero-order chi connectivity index (χ0) is 25.5. The summed E-state index contributed by atoms with van der Waals surface area (Å²) in [5, 5.41) is 12.0. The van der Waals surface area contributed by atoms with Crippen molar-refractivity contribution in [1.82, 2.24) is 25.1 Å². The van der Waals surface area contributed by atoms with Crippen LogP contribution < -0.4 is 10.1 Å². The quantitative estimate of drug-likeness (QED) is 0.238. The van der Waals surface area contributed by atoms with Crippen LogP contribution in [0.15, 0.2) is 73.1 Å². The van der Waals surface area contributed by atoms with Crippen LogP contribution in [-0.4, -0.2) is 38.3 Å². The van der Waals surface area contributed by atoms with Gasteiger partial charge in [0.25, 0.3) is 0 Å². The van der Waals surface area contributed by atoms with E-state index in [1.54, 1.807) is 0 Å². The van der Waals surface area contributed by atoms with Gasteiger partial charge in [0.05, 0.1) is 29.7 Å². The Hall–Kier alpha value is -4.72. The number of anilines is 1. The van der Waals surface area contributed by atoms with Crippen molar-refractivity contribution in [2.24, 2.45) is 0 Å². The van der Waals surface area contributed by atoms with Crippen LogP contribution in [0.1, 0.15) is 13.8 Å². The van der Waals surface area contributed by atoms with Gasteiger partial charge < -0.3 is 15.0 Å². The van der Waals surface area contributed by atoms with Crippen molar-refractivity contribution in [2.45, 2.75) is 19.9 Å². The first-order valence-electron chi connectivity index (χ1n) is 12.0. The number of pyridine rings is 2. The van der Waals surface area contributed by atoms with Gasteiger partial charge in [-0.15, -0.1) is 0 Å². The average Bonchev–Trinajstić information content (AvgIpc) is 3.51. The van der Waals surface area contributed by atoms with E-state index in [1.807, 2.05) is 60.9 Å². The van der Waals surface area contributed by atoms with Crippen LogP contribution >= 0.6 is 0 Å². The molecule has 0 saturated heterocycles. The van der Waals surface area contributed by atoms with Crippen LogP contribution in [0.4, 0.5) is 10.1 Å². The Balaban J connectivity index is 1.45. The lowest BCUT2D eigenvalue weighted by atomic mass is 10.0. The molecule has 7 nitrogen and oxygen atoms in total. The van der Waals surface area contributed by atoms with E-state index in [9.17, 15) is 4.39 Å². The smallest absolute Gasteiger partial charge is 0.135 e. The number of H-pyrrole nitrogens is 2. The summed E-state index contributed by atoms with van der Waals surface area (Å²) >= 11 is 0. The molecular weight excluding hydrogens is 467 g/mol. The fraction of sp³-hybridized carbons (Fsp3) is 0.138. The highest BCUT2D eigenvalue weighted by Crippen LogP contribution is 2.35. The van der Waals surface area contributed by atoms with E-state index in [1.165, 1.54) is 19.2 Å². The van der Waals surface area contributed by atoms with Gasteiger partial charge in [0.15, 0.2) is 0 Å². The Kier molecular flexibility index (Phi) is 5.56. The molecule has 0 radical (unpaired) electrons. The summed E-state index contributed by atoms with van der Waals surface area (Å²) < 4.78 is 19.5. The van der Waals surface area contributed by atoms with E-state index in [2.05, 4.69) is 39.3 Å². The molecule has 6 rings (SSSR count). The molecule has 0 spiro atoms. The van der Waals surface area contributed by atoms with Crippen molar-refractivity contribution >= 4 is 27.6 Å². The second-order valence-corrected chi connectivity index (χ2v) is 9.26. The van der Waals surface area contributed by atoms with Gasteiger partial charge in [-0.1, -0.05) is 12.1 Å². The number of rotatable bonds is 6. The Morgan fingerprint density at radius 1 is 0.946 bits per heavy atom. The maximum absolute atomic E-state index is 14.2. The molecule has 0 amide bonds. The van der Waals surface area contributed by atoms with E-state index in [-0.39, 0.29) is 5.82 Å². The van der Waals surface area contributed by atoms with Gasteiger partial charge in [-0.2, -0.15) is 5.10 Å². The van der Waals surface area contributed by atoms with Crippen molar-refractivity contribution in [2.75, 3.05) is 12.4 Å². The molecule has 184 valence electrons. The van der Waals surface area contributed by atoms with E-state index in [0.29, 0.717) is 17.5 Å². The van der Waals surface area contributed by atoms with Crippen molar-refractivity contribution in [3.8, 4) is 39.5 Å². The number of aromatic amines is 2. The number of nitrogens with one attached hydrogen (secondary N) is 3. The molecule has 0 unspecified atom stereocenters. The predicted octanol–water partition coefficient (Wildman–Crippen LogP) is 6.80. The lowest BCUT2D eigenvalue weighted by Crippen LogP contribution is -2.09. The maximum Gasteiger partial charge on any atom is 0.135 e. The number of methoxy groups -OCH3 is 1. The van der Waals surface area contributed by atoms with Gasteiger partial charge in [-0.05, 0) is 67.4 Å². The highest BCUT2D eigenvalue weighted by Gasteiger charge is 2.16. The Labute approximate surface area is 212 Å². The first-order chi connectivity index (χ1) is 18.0. The Morgan fingerprint density at radius 2 is 1.84 bits per heavy atom. The predicted molar refractivity (Wildman–Crippen MR) is 145 cm³/mol. The van der Waals surface area contributed by atoms with Gasteiger partial charge >= 0.3 is 0 Å². The third-order valence-corrected chi connectivity index (χ3v) is 6.23. The molecule has 0 saturated carbocycles. The van der Waals surface area contributed by atoms with Crippen LogP contribution in [0.3, 0.4) is 0 Å². The van der Waals surface area contributed by atoms with Crippen LogP contribution in [0, 0.1) is 5.82 Å². The summed E-state index contributed by atoms with van der Waals surface area (Å²) in [5.74, 6) is 0.124. The largest absolute Gasteiger partial charge is 0.497 e. The molecule has 4 aromatic heterocycles. The summed E-state index contributed by atoms with van der Waals surface area (Å²) in [5.41, 5.74) is 8.32. The third-order valence-electron chi connectivity index (χ3n) is 6.23. The molecule has 37 heavy (non-hydrogen) atoms. The number of benzene rings is 2. The molecule has 0 aliphatic rings. The summed E-state index contributed by atoms with van der Waals surface area (Å²) in [6, 6.07) is 18.9. The van der Waals surface area contributed by atoms with Crippen LogP contribution in [-0.2, 0) is 0 Å². The number of hydrogen-bond donors (Lipinski definition) is 3. The highest BCUT2D eigenvalue weighted by atomic mass is 19.1. The second kappa shape index (κ2) is 9.05. The standard InChI is InChI=1S/C29H25FN6O/c1-16(2)32-20-10-18(14-31-15-20)24-7-8-26-28(34-24)29(36-35-26)27-13-23-22(5-4-6-25(23)33-27)17-9-19(30)12-21(11-17)37-3/h4-16,32-33H,1-3H3,(H,35,36). The fourth-order valence-corrected chi connectivity index (χ4v) is 4.61. The van der Waals surface area contributed by atoms with Crippen molar-refractivity contribution in [1.29, 1.82) is 0 Å². The van der Waals surface area contributed by atoms with Gasteiger partial charge in [0.2, 0.25) is 0 Å². The average molecular weight is 493 g/mol. The summed E-state index contributed by atoms with van der Waals surface area (Å²) in [6.45, 7) is 4.18. The minimum absolute atomic E-state index is 0.299. The summed E-state index contributed by atoms with van der Waals surface area (Å²) in [4.78, 5) is 12.8. The zero-order valence-corrected chi connectivity index (χ0v) is 20.6. The van der Waals surface area contributed by atoms with Crippen molar-refractivity contribution < 1.29 is 9.13 Å². The molecule has 6 aromatic rings. The number of halogens is 1. The minimum Gasteiger partial charge on any atom is -0.497 e. The van der Waals surface area contributed by atoms with Gasteiger partial charge in [-0.25, -0.2) is 9.37 Å². The summed E-state index contributed by atoms with van der Waals surface area (Å²) in [6.07, 6.45) is 3.61. The number of hydrogen-bond acceptors (Lipinski definition) is 5. The van der Waals surface area contributed by atoms with E-state index in [0.717, 1.165) is 55.7 Å². The molecule has 0 atom stereocenters. The second-order valence-electron chi connectivity index (χ2n) is 9.26. The Morgan fingerprint density at radius 3 is 2.68 bits per heavy atom. The topological polar surface area (TPSA) is 91.5 Å². The first-order valence-corrected chi connectivity index (χ1v) is 12.0. The number of ether oxygens (including phenoxy) is 1. The molecule has 0 aliphatic carbocycles. The molecule has 8 heteroatoms. The lowest BCUT2D eigenvalue weighted by Gasteiger charge is -2.10. The SMILES string of the molecule is COc1cc(F)cc(-c2cccc3[nH]c(-c4n[nH]c5ccc(-c6cncc(NC(C)C)c6)nc45)cc23)c1. The maximum atomic E-state index is 14.2. The monoisotopic (exact) mass is 492 g/mol. The highest BCUT2D eigenvalue weighted by molar-refractivity contribution is 6.00. The van der Waals surface area contributed by atoms with Gasteiger partial charge in [0.1, 0.15) is 22.8 Å². The number of fused-ring (bicyclic) bond motifs is 2. The molecule has 0 fully saturated rings. The fourth-order valence-electron chi connectivity index (χ4n) is 4.61. The molecule has 4 heterocycles. The van der Waals surface area contributed by atoms with Crippen molar-refractivity contribution in [3.05, 3.63) is 78.9 Å². The Bertz CT molecular complexity index is 1750. The number of nitrogens with zero attached hydrogens (tertiary/aromatic N) is 3. The van der Waals surface area contributed by atoms with Crippen molar-refractivity contribution in [3.63, 3.8) is 0 Å². The van der Waals surface area contributed by atoms with E-state index < -0.39 is 0 Å². The van der Waals surface area contributed by atoms with E-state index >= 15 is 0 Å². The van der Waals surface area contributed by atoms with Gasteiger partial charge in [-0.3, -0.25) is 10.1 Å². The van der Waals surface area contributed by atoms with Crippen LogP contribution in [0.25, 0.3) is 55.7 Å². The molecule has 3 N–H and O–H groups in total. The summed E-state index contributed by atoms with van der Waals surface area (Å²) in [7, 11) is 1.53. The normalized spacial score (nSPS) is 11.5. The van der Waals surface area contributed by atoms with Crippen LogP contribution in [0.5, 0.6) is 5.75 Å². The molecule has 0 bridgehead atoms. The molecule has 0 aliphatic heterocycles. The zero-order valence-electron chi connectivity index (χ0n) is 20.6. The minimum atomic E-state index is -0.348.